The summed E-state index contributed by atoms with van der Waals surface area (Å²) >= 11 is 7.10. The van der Waals surface area contributed by atoms with E-state index < -0.39 is 0 Å². The molecule has 1 atom stereocenters. The molecule has 180 valence electrons. The van der Waals surface area contributed by atoms with E-state index >= 15 is 0 Å². The number of imide groups is 1. The molecule has 2 aliphatic heterocycles. The Morgan fingerprint density at radius 1 is 1.11 bits per heavy atom. The average molecular weight is 507 g/mol. The van der Waals surface area contributed by atoms with E-state index in [2.05, 4.69) is 16.0 Å². The monoisotopic (exact) mass is 506 g/mol. The first-order chi connectivity index (χ1) is 17.0. The number of likely N-dealkylation sites (tertiary alicyclic amines) is 1. The van der Waals surface area contributed by atoms with Crippen LogP contribution in [-0.2, 0) is 11.2 Å². The molecule has 2 fully saturated rings. The van der Waals surface area contributed by atoms with Crippen molar-refractivity contribution in [2.45, 2.75) is 31.6 Å². The van der Waals surface area contributed by atoms with Gasteiger partial charge in [0, 0.05) is 42.0 Å². The van der Waals surface area contributed by atoms with Gasteiger partial charge in [0.25, 0.3) is 11.1 Å². The number of rotatable bonds is 7. The maximum atomic E-state index is 12.8. The highest BCUT2D eigenvalue weighted by atomic mass is 35.5. The first-order valence-electron chi connectivity index (χ1n) is 12.0. The standard InChI is InChI=1S/C27H27ClN4O2S/c28-22-6-7-23-19(15-22)4-5-20(23)17-30-24-8-3-18(13-21(24)16-29)14-25-26(33)32(27(34)35-25)12-11-31-9-1-2-10-31/h3,6-8,13-17,20,29H,1-2,4-5,9-12H2. The summed E-state index contributed by atoms with van der Waals surface area (Å²) in [6, 6.07) is 11.6. The highest BCUT2D eigenvalue weighted by molar-refractivity contribution is 8.18. The van der Waals surface area contributed by atoms with E-state index in [9.17, 15) is 9.59 Å². The Labute approximate surface area is 214 Å². The zero-order valence-electron chi connectivity index (χ0n) is 19.4. The molecule has 3 aliphatic rings. The van der Waals surface area contributed by atoms with Gasteiger partial charge in [0.2, 0.25) is 0 Å². The summed E-state index contributed by atoms with van der Waals surface area (Å²) in [6.07, 6.45) is 9.29. The van der Waals surface area contributed by atoms with Crippen LogP contribution in [0.1, 0.15) is 47.4 Å². The van der Waals surface area contributed by atoms with Gasteiger partial charge in [0.15, 0.2) is 0 Å². The second-order valence-electron chi connectivity index (χ2n) is 9.11. The van der Waals surface area contributed by atoms with Crippen molar-refractivity contribution in [3.63, 3.8) is 0 Å². The molecule has 2 amide bonds. The average Bonchev–Trinajstić information content (AvgIpc) is 3.57. The molecule has 1 aliphatic carbocycles. The van der Waals surface area contributed by atoms with Crippen LogP contribution in [-0.4, -0.2) is 59.6 Å². The van der Waals surface area contributed by atoms with Crippen LogP contribution in [0.3, 0.4) is 0 Å². The van der Waals surface area contributed by atoms with Crippen LogP contribution in [0.4, 0.5) is 10.5 Å². The van der Waals surface area contributed by atoms with Gasteiger partial charge in [-0.05, 0) is 97.6 Å². The van der Waals surface area contributed by atoms with Crippen molar-refractivity contribution in [1.29, 1.82) is 5.41 Å². The number of aliphatic imine (C=N–C) groups is 1. The molecule has 2 saturated heterocycles. The number of nitrogens with one attached hydrogen (secondary N) is 1. The highest BCUT2D eigenvalue weighted by Crippen LogP contribution is 2.35. The van der Waals surface area contributed by atoms with E-state index in [4.69, 9.17) is 17.0 Å². The maximum absolute atomic E-state index is 12.8. The molecule has 35 heavy (non-hydrogen) atoms. The fraction of sp³-hybridized carbons (Fsp3) is 0.333. The van der Waals surface area contributed by atoms with Gasteiger partial charge >= 0.3 is 0 Å². The zero-order chi connectivity index (χ0) is 24.4. The summed E-state index contributed by atoms with van der Waals surface area (Å²) in [4.78, 5) is 34.0. The smallest absolute Gasteiger partial charge is 0.293 e. The number of halogens is 1. The zero-order valence-corrected chi connectivity index (χ0v) is 20.9. The van der Waals surface area contributed by atoms with Crippen molar-refractivity contribution in [3.05, 3.63) is 68.6 Å². The van der Waals surface area contributed by atoms with Crippen molar-refractivity contribution in [2.75, 3.05) is 26.2 Å². The van der Waals surface area contributed by atoms with E-state index in [1.807, 2.05) is 36.5 Å². The minimum Gasteiger partial charge on any atom is -0.308 e. The number of thioether (sulfide) groups is 1. The minimum absolute atomic E-state index is 0.216. The molecule has 1 unspecified atom stereocenters. The molecule has 6 nitrogen and oxygen atoms in total. The summed E-state index contributed by atoms with van der Waals surface area (Å²) < 4.78 is 0. The summed E-state index contributed by atoms with van der Waals surface area (Å²) in [5.41, 5.74) is 4.67. The van der Waals surface area contributed by atoms with Crippen LogP contribution >= 0.6 is 23.4 Å². The largest absolute Gasteiger partial charge is 0.308 e. The van der Waals surface area contributed by atoms with Crippen LogP contribution in [0, 0.1) is 5.41 Å². The van der Waals surface area contributed by atoms with Crippen LogP contribution < -0.4 is 0 Å². The van der Waals surface area contributed by atoms with Gasteiger partial charge in [-0.25, -0.2) is 0 Å². The fourth-order valence-electron chi connectivity index (χ4n) is 4.93. The third-order valence-electron chi connectivity index (χ3n) is 6.84. The van der Waals surface area contributed by atoms with Crippen LogP contribution in [0.5, 0.6) is 0 Å². The lowest BCUT2D eigenvalue weighted by molar-refractivity contribution is -0.122. The molecule has 1 N–H and O–H groups in total. The topological polar surface area (TPSA) is 76.8 Å². The molecule has 0 saturated carbocycles. The molecule has 2 heterocycles. The summed E-state index contributed by atoms with van der Waals surface area (Å²) in [7, 11) is 0. The third-order valence-corrected chi connectivity index (χ3v) is 7.98. The molecule has 8 heteroatoms. The van der Waals surface area contributed by atoms with Crippen molar-refractivity contribution in [2.24, 2.45) is 4.99 Å². The number of fused-ring (bicyclic) bond motifs is 1. The Hall–Kier alpha value is -2.74. The number of nitrogens with zero attached hydrogens (tertiary/aromatic N) is 3. The molecule has 0 radical (unpaired) electrons. The number of carbonyl (C=O) groups is 2. The fourth-order valence-corrected chi connectivity index (χ4v) is 5.99. The highest BCUT2D eigenvalue weighted by Gasteiger charge is 2.35. The second-order valence-corrected chi connectivity index (χ2v) is 10.5. The molecule has 0 aromatic heterocycles. The van der Waals surface area contributed by atoms with Gasteiger partial charge < -0.3 is 10.3 Å². The molecule has 2 aromatic carbocycles. The van der Waals surface area contributed by atoms with Crippen molar-refractivity contribution in [3.8, 4) is 0 Å². The van der Waals surface area contributed by atoms with E-state index in [0.29, 0.717) is 22.7 Å². The summed E-state index contributed by atoms with van der Waals surface area (Å²) in [5, 5.41) is 8.40. The normalized spacial score (nSPS) is 21.6. The summed E-state index contributed by atoms with van der Waals surface area (Å²) in [6.45, 7) is 3.23. The predicted octanol–water partition coefficient (Wildman–Crippen LogP) is 5.90. The number of hydrogen-bond donors (Lipinski definition) is 1. The van der Waals surface area contributed by atoms with Crippen LogP contribution in [0.25, 0.3) is 6.08 Å². The van der Waals surface area contributed by atoms with Crippen LogP contribution in [0.2, 0.25) is 5.02 Å². The Kier molecular flexibility index (Phi) is 7.18. The lowest BCUT2D eigenvalue weighted by Gasteiger charge is -2.18. The van der Waals surface area contributed by atoms with Crippen molar-refractivity contribution >= 4 is 58.7 Å². The maximum Gasteiger partial charge on any atom is 0.293 e. The molecule has 5 rings (SSSR count). The molecular formula is C27H27ClN4O2S. The van der Waals surface area contributed by atoms with E-state index in [1.165, 1.54) is 35.1 Å². The van der Waals surface area contributed by atoms with Gasteiger partial charge in [-0.2, -0.15) is 0 Å². The Morgan fingerprint density at radius 3 is 2.74 bits per heavy atom. The van der Waals surface area contributed by atoms with Gasteiger partial charge in [0.1, 0.15) is 0 Å². The Balaban J connectivity index is 1.29. The third kappa shape index (κ3) is 5.27. The SMILES string of the molecule is N=Cc1cc(C=C2SC(=O)N(CCN3CCCC3)C2=O)ccc1N=CC1CCc2cc(Cl)ccc21. The van der Waals surface area contributed by atoms with Crippen LogP contribution in [0.15, 0.2) is 46.3 Å². The lowest BCUT2D eigenvalue weighted by atomic mass is 10.0. The summed E-state index contributed by atoms with van der Waals surface area (Å²) in [5.74, 6) is -0.00888. The number of aryl methyl sites for hydroxylation is 1. The molecule has 0 spiro atoms. The van der Waals surface area contributed by atoms with Gasteiger partial charge in [-0.15, -0.1) is 0 Å². The predicted molar refractivity (Wildman–Crippen MR) is 143 cm³/mol. The first kappa shape index (κ1) is 24.0. The number of benzene rings is 2. The Bertz CT molecular complexity index is 1240. The lowest BCUT2D eigenvalue weighted by Crippen LogP contribution is -2.36. The van der Waals surface area contributed by atoms with E-state index in [-0.39, 0.29) is 17.1 Å². The van der Waals surface area contributed by atoms with Crippen molar-refractivity contribution in [1.82, 2.24) is 9.80 Å². The van der Waals surface area contributed by atoms with Gasteiger partial charge in [0.05, 0.1) is 10.6 Å². The molecule has 0 bridgehead atoms. The van der Waals surface area contributed by atoms with Crippen molar-refractivity contribution < 1.29 is 9.59 Å². The number of carbonyl (C=O) groups excluding carboxylic acids is 2. The van der Waals surface area contributed by atoms with E-state index in [0.717, 1.165) is 54.8 Å². The van der Waals surface area contributed by atoms with Gasteiger partial charge in [-0.1, -0.05) is 23.7 Å². The molecule has 2 aromatic rings. The Morgan fingerprint density at radius 2 is 1.94 bits per heavy atom. The quantitative estimate of drug-likeness (QED) is 0.374. The number of hydrogen-bond acceptors (Lipinski definition) is 6. The minimum atomic E-state index is -0.238. The second kappa shape index (κ2) is 10.5. The molecular weight excluding hydrogens is 480 g/mol. The van der Waals surface area contributed by atoms with E-state index in [1.54, 1.807) is 6.08 Å². The number of amides is 2. The first-order valence-corrected chi connectivity index (χ1v) is 13.2. The van der Waals surface area contributed by atoms with Gasteiger partial charge in [-0.3, -0.25) is 19.5 Å².